The van der Waals surface area contributed by atoms with Gasteiger partial charge in [0, 0.05) is 5.56 Å². The van der Waals surface area contributed by atoms with Gasteiger partial charge in [0.15, 0.2) is 0 Å². The summed E-state index contributed by atoms with van der Waals surface area (Å²) in [5.41, 5.74) is 2.06. The summed E-state index contributed by atoms with van der Waals surface area (Å²) in [7, 11) is 0. The molecule has 0 aromatic heterocycles. The normalized spacial score (nSPS) is 9.85. The van der Waals surface area contributed by atoms with Crippen LogP contribution in [-0.4, -0.2) is 6.29 Å². The Kier molecular flexibility index (Phi) is 4.94. The Balaban J connectivity index is 2.19. The van der Waals surface area contributed by atoms with Crippen LogP contribution in [0.15, 0.2) is 45.3 Å². The third-order valence-electron chi connectivity index (χ3n) is 2.60. The Labute approximate surface area is 133 Å². The highest BCUT2D eigenvalue weighted by Crippen LogP contribution is 2.35. The van der Waals surface area contributed by atoms with Crippen LogP contribution in [0.25, 0.3) is 0 Å². The quantitative estimate of drug-likeness (QED) is 0.718. The zero-order valence-electron chi connectivity index (χ0n) is 10.3. The van der Waals surface area contributed by atoms with Crippen LogP contribution in [-0.2, 0) is 6.61 Å². The number of nitriles is 1. The lowest BCUT2D eigenvalue weighted by atomic mass is 10.1. The van der Waals surface area contributed by atoms with E-state index in [9.17, 15) is 4.79 Å². The summed E-state index contributed by atoms with van der Waals surface area (Å²) < 4.78 is 7.13. The van der Waals surface area contributed by atoms with Gasteiger partial charge in [-0.2, -0.15) is 5.26 Å². The average Bonchev–Trinajstić information content (AvgIpc) is 2.46. The van der Waals surface area contributed by atoms with E-state index in [2.05, 4.69) is 37.9 Å². The van der Waals surface area contributed by atoms with Gasteiger partial charge in [0.05, 0.1) is 20.6 Å². The van der Waals surface area contributed by atoms with E-state index < -0.39 is 0 Å². The minimum absolute atomic E-state index is 0.340. The lowest BCUT2D eigenvalue weighted by Crippen LogP contribution is -1.98. The fourth-order valence-electron chi connectivity index (χ4n) is 1.67. The molecule has 2 aromatic rings. The van der Waals surface area contributed by atoms with Gasteiger partial charge in [0.2, 0.25) is 0 Å². The zero-order chi connectivity index (χ0) is 14.5. The molecule has 0 unspecified atom stereocenters. The van der Waals surface area contributed by atoms with E-state index >= 15 is 0 Å². The molecule has 0 saturated carbocycles. The van der Waals surface area contributed by atoms with Crippen molar-refractivity contribution >= 4 is 38.1 Å². The van der Waals surface area contributed by atoms with Crippen LogP contribution < -0.4 is 4.74 Å². The molecule has 0 aliphatic carbocycles. The maximum Gasteiger partial charge on any atom is 0.150 e. The third kappa shape index (κ3) is 3.47. The summed E-state index contributed by atoms with van der Waals surface area (Å²) in [6.45, 7) is 0.340. The summed E-state index contributed by atoms with van der Waals surface area (Å²) in [5.74, 6) is 0.623. The Bertz CT molecular complexity index is 670. The summed E-state index contributed by atoms with van der Waals surface area (Å²) in [6.07, 6.45) is 0.774. The van der Waals surface area contributed by atoms with Gasteiger partial charge in [-0.05, 0) is 61.7 Å². The zero-order valence-corrected chi connectivity index (χ0v) is 13.4. The highest BCUT2D eigenvalue weighted by Gasteiger charge is 2.09. The van der Waals surface area contributed by atoms with Crippen molar-refractivity contribution in [3.63, 3.8) is 0 Å². The second-order valence-electron chi connectivity index (χ2n) is 4.03. The van der Waals surface area contributed by atoms with Gasteiger partial charge in [-0.3, -0.25) is 4.79 Å². The van der Waals surface area contributed by atoms with Gasteiger partial charge in [0.1, 0.15) is 18.6 Å². The first kappa shape index (κ1) is 14.8. The van der Waals surface area contributed by atoms with E-state index in [1.165, 1.54) is 0 Å². The topological polar surface area (TPSA) is 50.1 Å². The molecule has 3 nitrogen and oxygen atoms in total. The van der Waals surface area contributed by atoms with Crippen molar-refractivity contribution in [3.8, 4) is 11.8 Å². The fourth-order valence-corrected chi connectivity index (χ4v) is 3.12. The molecule has 0 radical (unpaired) electrons. The van der Waals surface area contributed by atoms with Crippen molar-refractivity contribution in [2.45, 2.75) is 6.61 Å². The van der Waals surface area contributed by atoms with Crippen molar-refractivity contribution in [1.29, 1.82) is 5.26 Å². The van der Waals surface area contributed by atoms with Crippen molar-refractivity contribution in [3.05, 3.63) is 62.0 Å². The van der Waals surface area contributed by atoms with E-state index in [1.807, 2.05) is 12.1 Å². The maximum absolute atomic E-state index is 10.8. The van der Waals surface area contributed by atoms with Crippen LogP contribution in [0.1, 0.15) is 21.5 Å². The number of ether oxygens (including phenoxy) is 1. The minimum atomic E-state index is 0.340. The number of hydrogen-bond donors (Lipinski definition) is 0. The minimum Gasteiger partial charge on any atom is -0.487 e. The van der Waals surface area contributed by atoms with Crippen molar-refractivity contribution in [2.75, 3.05) is 0 Å². The average molecular weight is 395 g/mol. The molecule has 0 bridgehead atoms. The molecule has 0 saturated heterocycles. The van der Waals surface area contributed by atoms with E-state index in [-0.39, 0.29) is 0 Å². The number of halogens is 2. The number of carbonyl (C=O) groups excluding carboxylic acids is 1. The lowest BCUT2D eigenvalue weighted by molar-refractivity contribution is 0.112. The first-order valence-corrected chi connectivity index (χ1v) is 7.28. The van der Waals surface area contributed by atoms with Crippen molar-refractivity contribution < 1.29 is 9.53 Å². The maximum atomic E-state index is 10.8. The Morgan fingerprint density at radius 3 is 2.50 bits per heavy atom. The number of hydrogen-bond acceptors (Lipinski definition) is 3. The van der Waals surface area contributed by atoms with E-state index in [0.717, 1.165) is 11.8 Å². The first-order valence-electron chi connectivity index (χ1n) is 5.70. The van der Waals surface area contributed by atoms with Gasteiger partial charge in [-0.15, -0.1) is 0 Å². The number of benzene rings is 2. The molecule has 0 spiro atoms. The largest absolute Gasteiger partial charge is 0.487 e. The molecular weight excluding hydrogens is 386 g/mol. The molecule has 20 heavy (non-hydrogen) atoms. The molecule has 2 aromatic carbocycles. The second-order valence-corrected chi connectivity index (χ2v) is 5.74. The molecule has 2 rings (SSSR count). The Morgan fingerprint density at radius 1 is 1.20 bits per heavy atom. The van der Waals surface area contributed by atoms with Gasteiger partial charge >= 0.3 is 0 Å². The molecule has 0 aliphatic rings. The molecule has 0 fully saturated rings. The SMILES string of the molecule is N#Cc1cccc(COc2c(Br)cc(C=O)cc2Br)c1. The molecule has 0 aliphatic heterocycles. The van der Waals surface area contributed by atoms with Crippen LogP contribution in [0.4, 0.5) is 0 Å². The van der Waals surface area contributed by atoms with E-state index in [1.54, 1.807) is 24.3 Å². The van der Waals surface area contributed by atoms with E-state index in [4.69, 9.17) is 10.00 Å². The number of nitrogens with zero attached hydrogens (tertiary/aromatic N) is 1. The van der Waals surface area contributed by atoms with Crippen LogP contribution >= 0.6 is 31.9 Å². The van der Waals surface area contributed by atoms with Gasteiger partial charge in [-0.25, -0.2) is 0 Å². The third-order valence-corrected chi connectivity index (χ3v) is 3.77. The molecule has 0 N–H and O–H groups in total. The van der Waals surface area contributed by atoms with Crippen LogP contribution in [0.2, 0.25) is 0 Å². The summed E-state index contributed by atoms with van der Waals surface area (Å²) >= 11 is 6.75. The molecule has 5 heteroatoms. The number of carbonyl (C=O) groups is 1. The van der Waals surface area contributed by atoms with Crippen LogP contribution in [0.3, 0.4) is 0 Å². The van der Waals surface area contributed by atoms with Crippen LogP contribution in [0, 0.1) is 11.3 Å². The van der Waals surface area contributed by atoms with Crippen molar-refractivity contribution in [2.24, 2.45) is 0 Å². The molecular formula is C15H9Br2NO2. The fraction of sp³-hybridized carbons (Fsp3) is 0.0667. The van der Waals surface area contributed by atoms with Crippen molar-refractivity contribution in [1.82, 2.24) is 0 Å². The summed E-state index contributed by atoms with van der Waals surface area (Å²) in [5, 5.41) is 8.85. The second kappa shape index (κ2) is 6.69. The van der Waals surface area contributed by atoms with Crippen LogP contribution in [0.5, 0.6) is 5.75 Å². The molecule has 0 amide bonds. The van der Waals surface area contributed by atoms with E-state index in [0.29, 0.717) is 32.4 Å². The first-order chi connectivity index (χ1) is 9.63. The van der Waals surface area contributed by atoms with Gasteiger partial charge in [-0.1, -0.05) is 12.1 Å². The predicted octanol–water partition coefficient (Wildman–Crippen LogP) is 4.47. The standard InChI is InChI=1S/C15H9Br2NO2/c16-13-5-12(8-19)6-14(17)15(13)20-9-11-3-1-2-10(4-11)7-18/h1-6,8H,9H2. The van der Waals surface area contributed by atoms with Gasteiger partial charge < -0.3 is 4.74 Å². The lowest BCUT2D eigenvalue weighted by Gasteiger charge is -2.11. The molecule has 0 heterocycles. The highest BCUT2D eigenvalue weighted by molar-refractivity contribution is 9.11. The molecule has 100 valence electrons. The Morgan fingerprint density at radius 2 is 1.90 bits per heavy atom. The highest BCUT2D eigenvalue weighted by atomic mass is 79.9. The summed E-state index contributed by atoms with van der Waals surface area (Å²) in [4.78, 5) is 10.8. The monoisotopic (exact) mass is 393 g/mol. The number of aldehydes is 1. The predicted molar refractivity (Wildman–Crippen MR) is 82.7 cm³/mol. The summed E-state index contributed by atoms with van der Waals surface area (Å²) in [6, 6.07) is 12.7. The van der Waals surface area contributed by atoms with Gasteiger partial charge in [0.25, 0.3) is 0 Å². The number of rotatable bonds is 4. The Hall–Kier alpha value is -1.64. The molecule has 0 atom stereocenters. The smallest absolute Gasteiger partial charge is 0.150 e.